The fourth-order valence-electron chi connectivity index (χ4n) is 2.03. The zero-order valence-electron chi connectivity index (χ0n) is 9.89. The third-order valence-corrected chi connectivity index (χ3v) is 4.06. The van der Waals surface area contributed by atoms with Gasteiger partial charge in [-0.15, -0.1) is 0 Å². The van der Waals surface area contributed by atoms with Crippen LogP contribution in [0.3, 0.4) is 0 Å². The van der Waals surface area contributed by atoms with Crippen LogP contribution in [0.15, 0.2) is 29.2 Å². The van der Waals surface area contributed by atoms with Crippen molar-refractivity contribution in [3.05, 3.63) is 24.3 Å². The molecule has 5 heteroatoms. The minimum absolute atomic E-state index is 0.160. The summed E-state index contributed by atoms with van der Waals surface area (Å²) in [5, 5.41) is 8.49. The van der Waals surface area contributed by atoms with E-state index in [1.807, 2.05) is 6.07 Å². The van der Waals surface area contributed by atoms with Crippen molar-refractivity contribution < 1.29 is 8.42 Å². The number of anilines is 1. The smallest absolute Gasteiger partial charge is 0.238 e. The van der Waals surface area contributed by atoms with Gasteiger partial charge in [-0.05, 0) is 43.4 Å². The van der Waals surface area contributed by atoms with Gasteiger partial charge in [0.15, 0.2) is 0 Å². The van der Waals surface area contributed by atoms with Crippen LogP contribution in [0.1, 0.15) is 26.2 Å². The van der Waals surface area contributed by atoms with Gasteiger partial charge in [-0.2, -0.15) is 0 Å². The van der Waals surface area contributed by atoms with Crippen LogP contribution in [0, 0.1) is 5.92 Å². The van der Waals surface area contributed by atoms with E-state index in [2.05, 4.69) is 12.2 Å². The Labute approximate surface area is 102 Å². The molecule has 17 heavy (non-hydrogen) atoms. The van der Waals surface area contributed by atoms with Gasteiger partial charge in [-0.25, -0.2) is 13.6 Å². The first-order valence-electron chi connectivity index (χ1n) is 5.90. The van der Waals surface area contributed by atoms with Crippen molar-refractivity contribution in [1.82, 2.24) is 0 Å². The molecule has 1 fully saturated rings. The fourth-order valence-corrected chi connectivity index (χ4v) is 2.59. The lowest BCUT2D eigenvalue weighted by atomic mass is 10.1. The fraction of sp³-hybridized carbons (Fsp3) is 0.500. The Kier molecular flexibility index (Phi) is 3.40. The van der Waals surface area contributed by atoms with Crippen molar-refractivity contribution in [2.24, 2.45) is 11.1 Å². The first-order chi connectivity index (χ1) is 8.00. The first-order valence-corrected chi connectivity index (χ1v) is 7.44. The zero-order valence-corrected chi connectivity index (χ0v) is 10.7. The number of benzene rings is 1. The van der Waals surface area contributed by atoms with Crippen molar-refractivity contribution in [2.75, 3.05) is 5.32 Å². The zero-order chi connectivity index (χ0) is 12.5. The number of nitrogens with two attached hydrogens (primary N) is 1. The Bertz CT molecular complexity index is 495. The number of hydrogen-bond acceptors (Lipinski definition) is 3. The van der Waals surface area contributed by atoms with Gasteiger partial charge in [-0.1, -0.05) is 13.0 Å². The third kappa shape index (κ3) is 3.20. The summed E-state index contributed by atoms with van der Waals surface area (Å²) in [6.07, 6.45) is 3.57. The van der Waals surface area contributed by atoms with Gasteiger partial charge in [0.1, 0.15) is 0 Å². The van der Waals surface area contributed by atoms with Crippen LogP contribution < -0.4 is 10.5 Å². The van der Waals surface area contributed by atoms with Crippen LogP contribution in [-0.2, 0) is 10.0 Å². The van der Waals surface area contributed by atoms with E-state index in [0.29, 0.717) is 6.04 Å². The highest BCUT2D eigenvalue weighted by molar-refractivity contribution is 7.89. The van der Waals surface area contributed by atoms with E-state index >= 15 is 0 Å². The third-order valence-electron chi connectivity index (χ3n) is 3.15. The van der Waals surface area contributed by atoms with Gasteiger partial charge in [0.2, 0.25) is 10.0 Å². The molecule has 4 nitrogen and oxygen atoms in total. The molecule has 1 saturated carbocycles. The highest BCUT2D eigenvalue weighted by Crippen LogP contribution is 2.35. The molecule has 3 N–H and O–H groups in total. The standard InChI is InChI=1S/C12H18N2O2S/c1-2-12(9-6-7-9)14-10-4-3-5-11(8-10)17(13,15)16/h3-5,8-9,12,14H,2,6-7H2,1H3,(H2,13,15,16). The van der Waals surface area contributed by atoms with E-state index in [0.717, 1.165) is 18.0 Å². The molecule has 1 aromatic rings. The summed E-state index contributed by atoms with van der Waals surface area (Å²) in [5.41, 5.74) is 0.829. The highest BCUT2D eigenvalue weighted by Gasteiger charge is 2.29. The number of primary sulfonamides is 1. The molecule has 0 bridgehead atoms. The molecule has 1 aromatic carbocycles. The molecule has 1 aliphatic carbocycles. The van der Waals surface area contributed by atoms with E-state index in [1.165, 1.54) is 18.9 Å². The summed E-state index contributed by atoms with van der Waals surface area (Å²) in [6.45, 7) is 2.14. The quantitative estimate of drug-likeness (QED) is 0.843. The summed E-state index contributed by atoms with van der Waals surface area (Å²) >= 11 is 0. The lowest BCUT2D eigenvalue weighted by Gasteiger charge is -2.17. The minimum atomic E-state index is -3.61. The summed E-state index contributed by atoms with van der Waals surface area (Å²) in [5.74, 6) is 0.734. The van der Waals surface area contributed by atoms with E-state index in [4.69, 9.17) is 5.14 Å². The second-order valence-corrected chi connectivity index (χ2v) is 6.13. The minimum Gasteiger partial charge on any atom is -0.382 e. The first kappa shape index (κ1) is 12.4. The number of rotatable bonds is 5. The molecule has 2 rings (SSSR count). The molecule has 0 radical (unpaired) electrons. The average Bonchev–Trinajstić information content (AvgIpc) is 3.09. The molecular weight excluding hydrogens is 236 g/mol. The van der Waals surface area contributed by atoms with Crippen LogP contribution >= 0.6 is 0 Å². The van der Waals surface area contributed by atoms with Crippen molar-refractivity contribution in [1.29, 1.82) is 0 Å². The molecule has 0 aromatic heterocycles. The molecule has 0 spiro atoms. The SMILES string of the molecule is CCC(Nc1cccc(S(N)(=O)=O)c1)C1CC1. The van der Waals surface area contributed by atoms with Crippen molar-refractivity contribution in [2.45, 2.75) is 37.1 Å². The predicted octanol–water partition coefficient (Wildman–Crippen LogP) is 1.93. The monoisotopic (exact) mass is 254 g/mol. The van der Waals surface area contributed by atoms with Gasteiger partial charge < -0.3 is 5.32 Å². The molecule has 0 heterocycles. The van der Waals surface area contributed by atoms with Crippen molar-refractivity contribution in [3.63, 3.8) is 0 Å². The molecule has 1 aliphatic rings. The molecule has 1 unspecified atom stereocenters. The topological polar surface area (TPSA) is 72.2 Å². The molecule has 0 amide bonds. The maximum atomic E-state index is 11.2. The summed E-state index contributed by atoms with van der Waals surface area (Å²) < 4.78 is 22.5. The van der Waals surface area contributed by atoms with Crippen LogP contribution in [0.5, 0.6) is 0 Å². The van der Waals surface area contributed by atoms with Crippen molar-refractivity contribution >= 4 is 15.7 Å². The Hall–Kier alpha value is -1.07. The Morgan fingerprint density at radius 2 is 2.18 bits per heavy atom. The largest absolute Gasteiger partial charge is 0.382 e. The summed E-state index contributed by atoms with van der Waals surface area (Å²) in [6, 6.07) is 7.13. The van der Waals surface area contributed by atoms with Gasteiger partial charge in [0, 0.05) is 11.7 Å². The van der Waals surface area contributed by atoms with Crippen LogP contribution in [0.25, 0.3) is 0 Å². The van der Waals surface area contributed by atoms with Gasteiger partial charge >= 0.3 is 0 Å². The Balaban J connectivity index is 2.15. The van der Waals surface area contributed by atoms with Gasteiger partial charge in [0.05, 0.1) is 4.90 Å². The molecule has 94 valence electrons. The maximum Gasteiger partial charge on any atom is 0.238 e. The second kappa shape index (κ2) is 4.66. The van der Waals surface area contributed by atoms with Crippen molar-refractivity contribution in [3.8, 4) is 0 Å². The number of hydrogen-bond donors (Lipinski definition) is 2. The molecule has 0 saturated heterocycles. The number of nitrogens with one attached hydrogen (secondary N) is 1. The molecular formula is C12H18N2O2S. The normalized spacial score (nSPS) is 17.8. The predicted molar refractivity (Wildman–Crippen MR) is 68.2 cm³/mol. The summed E-state index contributed by atoms with van der Waals surface area (Å²) in [7, 11) is -3.61. The lowest BCUT2D eigenvalue weighted by molar-refractivity contribution is 0.597. The lowest BCUT2D eigenvalue weighted by Crippen LogP contribution is -2.21. The van der Waals surface area contributed by atoms with Crippen LogP contribution in [0.2, 0.25) is 0 Å². The highest BCUT2D eigenvalue weighted by atomic mass is 32.2. The summed E-state index contributed by atoms with van der Waals surface area (Å²) in [4.78, 5) is 0.160. The molecule has 1 atom stereocenters. The van der Waals surface area contributed by atoms with Crippen LogP contribution in [0.4, 0.5) is 5.69 Å². The maximum absolute atomic E-state index is 11.2. The van der Waals surface area contributed by atoms with E-state index in [9.17, 15) is 8.42 Å². The second-order valence-electron chi connectivity index (χ2n) is 4.57. The Morgan fingerprint density at radius 1 is 1.47 bits per heavy atom. The van der Waals surface area contributed by atoms with E-state index in [1.54, 1.807) is 12.1 Å². The molecule has 0 aliphatic heterocycles. The number of sulfonamides is 1. The van der Waals surface area contributed by atoms with Gasteiger partial charge in [0.25, 0.3) is 0 Å². The van der Waals surface area contributed by atoms with Crippen LogP contribution in [-0.4, -0.2) is 14.5 Å². The van der Waals surface area contributed by atoms with E-state index < -0.39 is 10.0 Å². The van der Waals surface area contributed by atoms with Gasteiger partial charge in [-0.3, -0.25) is 0 Å². The Morgan fingerprint density at radius 3 is 2.71 bits per heavy atom. The average molecular weight is 254 g/mol. The van der Waals surface area contributed by atoms with E-state index in [-0.39, 0.29) is 4.90 Å².